The molecule has 108 valence electrons. The number of primary amides is 1. The SMILES string of the molecule is NC(=O)C(O)CNS(=O)(=O)c1c[nH]c2cc(N)ccc12. The van der Waals surface area contributed by atoms with Crippen molar-refractivity contribution in [2.45, 2.75) is 11.0 Å². The van der Waals surface area contributed by atoms with E-state index in [1.54, 1.807) is 18.2 Å². The number of hydrogen-bond acceptors (Lipinski definition) is 5. The second kappa shape index (κ2) is 5.12. The molecular weight excluding hydrogens is 284 g/mol. The van der Waals surface area contributed by atoms with Crippen LogP contribution in [-0.4, -0.2) is 37.1 Å². The van der Waals surface area contributed by atoms with Crippen molar-refractivity contribution in [3.63, 3.8) is 0 Å². The van der Waals surface area contributed by atoms with Gasteiger partial charge >= 0.3 is 0 Å². The number of aromatic amines is 1. The number of nitrogen functional groups attached to an aromatic ring is 1. The van der Waals surface area contributed by atoms with E-state index in [0.717, 1.165) is 0 Å². The van der Waals surface area contributed by atoms with E-state index in [2.05, 4.69) is 9.71 Å². The van der Waals surface area contributed by atoms with Crippen LogP contribution in [0.25, 0.3) is 10.9 Å². The van der Waals surface area contributed by atoms with Gasteiger partial charge in [-0.25, -0.2) is 13.1 Å². The Labute approximate surface area is 114 Å². The number of nitrogens with two attached hydrogens (primary N) is 2. The summed E-state index contributed by atoms with van der Waals surface area (Å²) in [7, 11) is -3.87. The van der Waals surface area contributed by atoms with Gasteiger partial charge in [-0.1, -0.05) is 0 Å². The smallest absolute Gasteiger partial charge is 0.247 e. The van der Waals surface area contributed by atoms with Crippen molar-refractivity contribution in [2.24, 2.45) is 5.73 Å². The molecule has 0 aliphatic carbocycles. The van der Waals surface area contributed by atoms with E-state index in [1.807, 2.05) is 0 Å². The second-order valence-electron chi connectivity index (χ2n) is 4.23. The van der Waals surface area contributed by atoms with Gasteiger partial charge in [0.05, 0.1) is 0 Å². The van der Waals surface area contributed by atoms with Gasteiger partial charge in [-0.05, 0) is 18.2 Å². The number of hydrogen-bond donors (Lipinski definition) is 5. The number of aliphatic hydroxyl groups is 1. The lowest BCUT2D eigenvalue weighted by molar-refractivity contribution is -0.125. The van der Waals surface area contributed by atoms with Crippen molar-refractivity contribution in [1.29, 1.82) is 0 Å². The fourth-order valence-corrected chi connectivity index (χ4v) is 2.92. The van der Waals surface area contributed by atoms with Crippen LogP contribution in [0.4, 0.5) is 5.69 Å². The van der Waals surface area contributed by atoms with Gasteiger partial charge in [-0.15, -0.1) is 0 Å². The monoisotopic (exact) mass is 298 g/mol. The summed E-state index contributed by atoms with van der Waals surface area (Å²) in [4.78, 5) is 13.5. The molecule has 1 atom stereocenters. The summed E-state index contributed by atoms with van der Waals surface area (Å²) in [6, 6.07) is 4.75. The molecule has 1 aromatic carbocycles. The number of aromatic nitrogens is 1. The Bertz CT molecular complexity index is 753. The molecule has 0 bridgehead atoms. The molecule has 2 aromatic rings. The van der Waals surface area contributed by atoms with E-state index in [4.69, 9.17) is 11.5 Å². The molecule has 0 fully saturated rings. The Morgan fingerprint density at radius 2 is 2.15 bits per heavy atom. The zero-order valence-electron chi connectivity index (χ0n) is 10.3. The number of nitrogens with one attached hydrogen (secondary N) is 2. The molecule has 1 unspecified atom stereocenters. The van der Waals surface area contributed by atoms with Crippen LogP contribution in [0, 0.1) is 0 Å². The first-order chi connectivity index (χ1) is 9.31. The summed E-state index contributed by atoms with van der Waals surface area (Å²) >= 11 is 0. The molecule has 8 nitrogen and oxygen atoms in total. The Kier molecular flexibility index (Phi) is 3.66. The third kappa shape index (κ3) is 2.74. The average molecular weight is 298 g/mol. The Morgan fingerprint density at radius 1 is 1.45 bits per heavy atom. The number of sulfonamides is 1. The zero-order valence-corrected chi connectivity index (χ0v) is 11.1. The number of H-pyrrole nitrogens is 1. The molecule has 1 aromatic heterocycles. The van der Waals surface area contributed by atoms with Crippen LogP contribution in [0.5, 0.6) is 0 Å². The van der Waals surface area contributed by atoms with E-state index in [0.29, 0.717) is 16.6 Å². The van der Waals surface area contributed by atoms with Crippen molar-refractivity contribution in [2.75, 3.05) is 12.3 Å². The average Bonchev–Trinajstić information content (AvgIpc) is 2.79. The Balaban J connectivity index is 2.30. The summed E-state index contributed by atoms with van der Waals surface area (Å²) in [5, 5.41) is 9.67. The topological polar surface area (TPSA) is 151 Å². The number of rotatable bonds is 5. The van der Waals surface area contributed by atoms with E-state index < -0.39 is 28.6 Å². The maximum absolute atomic E-state index is 12.1. The predicted octanol–water partition coefficient (Wildman–Crippen LogP) is -1.13. The van der Waals surface area contributed by atoms with E-state index in [1.165, 1.54) is 6.20 Å². The summed E-state index contributed by atoms with van der Waals surface area (Å²) in [6.07, 6.45) is -0.270. The second-order valence-corrected chi connectivity index (χ2v) is 5.96. The molecule has 0 aliphatic heterocycles. The minimum absolute atomic E-state index is 0.00386. The largest absolute Gasteiger partial charge is 0.399 e. The molecule has 0 spiro atoms. The molecule has 2 rings (SSSR count). The van der Waals surface area contributed by atoms with Crippen LogP contribution < -0.4 is 16.2 Å². The summed E-state index contributed by atoms with van der Waals surface area (Å²) in [5.41, 5.74) is 11.5. The van der Waals surface area contributed by atoms with Crippen molar-refractivity contribution in [3.05, 3.63) is 24.4 Å². The van der Waals surface area contributed by atoms with Gasteiger partial charge in [-0.2, -0.15) is 0 Å². The van der Waals surface area contributed by atoms with Gasteiger partial charge in [0.15, 0.2) is 0 Å². The molecule has 1 amide bonds. The van der Waals surface area contributed by atoms with Crippen molar-refractivity contribution < 1.29 is 18.3 Å². The lowest BCUT2D eigenvalue weighted by Gasteiger charge is -2.08. The number of aliphatic hydroxyl groups excluding tert-OH is 1. The molecule has 0 saturated carbocycles. The Morgan fingerprint density at radius 3 is 2.80 bits per heavy atom. The minimum Gasteiger partial charge on any atom is -0.399 e. The molecule has 20 heavy (non-hydrogen) atoms. The summed E-state index contributed by atoms with van der Waals surface area (Å²) < 4.78 is 26.3. The van der Waals surface area contributed by atoms with Crippen LogP contribution in [0.2, 0.25) is 0 Å². The predicted molar refractivity (Wildman–Crippen MR) is 73.1 cm³/mol. The fraction of sp³-hybridized carbons (Fsp3) is 0.182. The molecule has 1 heterocycles. The van der Waals surface area contributed by atoms with E-state index in [-0.39, 0.29) is 4.90 Å². The highest BCUT2D eigenvalue weighted by molar-refractivity contribution is 7.89. The van der Waals surface area contributed by atoms with Crippen molar-refractivity contribution in [3.8, 4) is 0 Å². The standard InChI is InChI=1S/C11H14N4O4S/c12-6-1-2-7-8(3-6)14-5-10(7)20(18,19)15-4-9(16)11(13)17/h1-3,5,9,14-16H,4,12H2,(H2,13,17). The first kappa shape index (κ1) is 14.3. The van der Waals surface area contributed by atoms with Crippen LogP contribution in [0.1, 0.15) is 0 Å². The lowest BCUT2D eigenvalue weighted by Crippen LogP contribution is -2.39. The van der Waals surface area contributed by atoms with Crippen LogP contribution in [0.3, 0.4) is 0 Å². The number of anilines is 1. The van der Waals surface area contributed by atoms with Gasteiger partial charge in [0.2, 0.25) is 15.9 Å². The molecule has 0 aliphatic rings. The third-order valence-electron chi connectivity index (χ3n) is 2.75. The number of carbonyl (C=O) groups is 1. The summed E-state index contributed by atoms with van der Waals surface area (Å²) in [5.74, 6) is -1.00. The maximum Gasteiger partial charge on any atom is 0.247 e. The van der Waals surface area contributed by atoms with Gasteiger partial charge in [0.1, 0.15) is 11.0 Å². The third-order valence-corrected chi connectivity index (χ3v) is 4.22. The minimum atomic E-state index is -3.87. The number of fused-ring (bicyclic) bond motifs is 1. The van der Waals surface area contributed by atoms with Crippen LogP contribution in [0.15, 0.2) is 29.3 Å². The fourth-order valence-electron chi connectivity index (χ4n) is 1.71. The van der Waals surface area contributed by atoms with Crippen molar-refractivity contribution >= 4 is 32.5 Å². The Hall–Kier alpha value is -2.10. The normalized spacial score (nSPS) is 13.4. The first-order valence-corrected chi connectivity index (χ1v) is 7.13. The van der Waals surface area contributed by atoms with Gasteiger partial charge in [0.25, 0.3) is 0 Å². The van der Waals surface area contributed by atoms with Gasteiger partial charge in [0, 0.05) is 29.3 Å². The molecule has 0 saturated heterocycles. The molecule has 7 N–H and O–H groups in total. The molecule has 9 heteroatoms. The number of amides is 1. The van der Waals surface area contributed by atoms with Gasteiger partial charge < -0.3 is 21.6 Å². The summed E-state index contributed by atoms with van der Waals surface area (Å²) in [6.45, 7) is -0.487. The molecule has 0 radical (unpaired) electrons. The quantitative estimate of drug-likeness (QED) is 0.442. The highest BCUT2D eigenvalue weighted by Crippen LogP contribution is 2.24. The lowest BCUT2D eigenvalue weighted by atomic mass is 10.2. The highest BCUT2D eigenvalue weighted by atomic mass is 32.2. The maximum atomic E-state index is 12.1. The molecular formula is C11H14N4O4S. The number of carbonyl (C=O) groups excluding carboxylic acids is 1. The van der Waals surface area contributed by atoms with Crippen molar-refractivity contribution in [1.82, 2.24) is 9.71 Å². The highest BCUT2D eigenvalue weighted by Gasteiger charge is 2.21. The van der Waals surface area contributed by atoms with Gasteiger partial charge in [-0.3, -0.25) is 4.79 Å². The number of benzene rings is 1. The zero-order chi connectivity index (χ0) is 14.9. The first-order valence-electron chi connectivity index (χ1n) is 5.65. The van der Waals surface area contributed by atoms with E-state index in [9.17, 15) is 18.3 Å². The van der Waals surface area contributed by atoms with E-state index >= 15 is 0 Å². The van der Waals surface area contributed by atoms with Crippen LogP contribution in [-0.2, 0) is 14.8 Å². The van der Waals surface area contributed by atoms with Crippen LogP contribution >= 0.6 is 0 Å².